The van der Waals surface area contributed by atoms with Gasteiger partial charge in [0.2, 0.25) is 0 Å². The summed E-state index contributed by atoms with van der Waals surface area (Å²) in [6, 6.07) is 0. The molecule has 0 aromatic rings. The predicted octanol–water partition coefficient (Wildman–Crippen LogP) is 4.94. The van der Waals surface area contributed by atoms with Gasteiger partial charge in [-0.05, 0) is 0 Å². The first-order valence-corrected chi connectivity index (χ1v) is 10.2. The van der Waals surface area contributed by atoms with Crippen LogP contribution in [0.3, 0.4) is 0 Å². The van der Waals surface area contributed by atoms with E-state index in [0.29, 0.717) is 0 Å². The van der Waals surface area contributed by atoms with E-state index in [-0.39, 0.29) is 0 Å². The molecule has 0 aliphatic rings. The Balaban J connectivity index is 3.27. The fraction of sp³-hybridized carbons (Fsp3) is 1.00. The molecule has 0 aliphatic carbocycles. The first kappa shape index (κ1) is 13.7. The third kappa shape index (κ3) is 12.7. The van der Waals surface area contributed by atoms with E-state index in [0.717, 1.165) is 0 Å². The van der Waals surface area contributed by atoms with Crippen LogP contribution in [0.2, 0.25) is 0 Å². The van der Waals surface area contributed by atoms with Crippen LogP contribution in [0.1, 0.15) is 45.4 Å². The molecule has 0 saturated heterocycles. The Labute approximate surface area is 89.2 Å². The zero-order valence-electron chi connectivity index (χ0n) is 9.77. The molecule has 0 amide bonds. The van der Waals surface area contributed by atoms with E-state index in [1.54, 1.807) is 0 Å². The zero-order valence-corrected chi connectivity index (χ0v) is 11.4. The van der Waals surface area contributed by atoms with Crippen LogP contribution in [0.4, 0.5) is 0 Å². The molecule has 0 nitrogen and oxygen atoms in total. The summed E-state index contributed by atoms with van der Waals surface area (Å²) < 4.78 is 0. The van der Waals surface area contributed by atoms with Gasteiger partial charge in [0.15, 0.2) is 0 Å². The summed E-state index contributed by atoms with van der Waals surface area (Å²) in [4.78, 5) is 0. The van der Waals surface area contributed by atoms with Crippen molar-refractivity contribution in [2.24, 2.45) is 0 Å². The molecule has 0 unspecified atom stereocenters. The van der Waals surface area contributed by atoms with Crippen molar-refractivity contribution >= 4 is 17.2 Å². The van der Waals surface area contributed by atoms with E-state index in [9.17, 15) is 0 Å². The Morgan fingerprint density at radius 3 is 1.77 bits per heavy atom. The SMILES string of the molecule is CCCCCCCCP(C)(C)(C)Cl. The van der Waals surface area contributed by atoms with Crippen LogP contribution in [0.15, 0.2) is 0 Å². The van der Waals surface area contributed by atoms with Gasteiger partial charge >= 0.3 is 88.8 Å². The molecule has 0 aromatic heterocycles. The summed E-state index contributed by atoms with van der Waals surface area (Å²) in [5, 5.41) is 0. The molecular formula is C11H26ClP. The fourth-order valence-corrected chi connectivity index (χ4v) is 3.08. The van der Waals surface area contributed by atoms with Crippen LogP contribution < -0.4 is 0 Å². The van der Waals surface area contributed by atoms with Gasteiger partial charge in [-0.25, -0.2) is 0 Å². The third-order valence-electron chi connectivity index (χ3n) is 2.27. The second-order valence-corrected chi connectivity index (χ2v) is 15.4. The number of unbranched alkanes of at least 4 members (excludes halogenated alkanes) is 5. The van der Waals surface area contributed by atoms with E-state index in [1.807, 2.05) is 0 Å². The van der Waals surface area contributed by atoms with Gasteiger partial charge in [-0.2, -0.15) is 0 Å². The minimum atomic E-state index is -1.71. The number of halogens is 1. The molecular weight excluding hydrogens is 199 g/mol. The van der Waals surface area contributed by atoms with Gasteiger partial charge in [0.25, 0.3) is 0 Å². The van der Waals surface area contributed by atoms with Crippen molar-refractivity contribution < 1.29 is 0 Å². The Morgan fingerprint density at radius 2 is 1.31 bits per heavy atom. The molecule has 0 fully saturated rings. The Morgan fingerprint density at radius 1 is 0.846 bits per heavy atom. The van der Waals surface area contributed by atoms with Gasteiger partial charge in [0.1, 0.15) is 0 Å². The van der Waals surface area contributed by atoms with Crippen molar-refractivity contribution in [3.05, 3.63) is 0 Å². The van der Waals surface area contributed by atoms with Crippen LogP contribution in [-0.2, 0) is 0 Å². The molecule has 0 saturated carbocycles. The third-order valence-corrected chi connectivity index (χ3v) is 4.60. The molecule has 0 aromatic carbocycles. The van der Waals surface area contributed by atoms with Crippen molar-refractivity contribution in [3.63, 3.8) is 0 Å². The molecule has 2 heteroatoms. The summed E-state index contributed by atoms with van der Waals surface area (Å²) in [6.07, 6.45) is 9.50. The molecule has 0 radical (unpaired) electrons. The maximum atomic E-state index is 6.46. The molecule has 0 heterocycles. The molecule has 82 valence electrons. The summed E-state index contributed by atoms with van der Waals surface area (Å²) in [5.41, 5.74) is 0. The molecule has 0 N–H and O–H groups in total. The molecule has 0 aliphatic heterocycles. The van der Waals surface area contributed by atoms with Crippen molar-refractivity contribution in [1.29, 1.82) is 0 Å². The Bertz CT molecular complexity index is 126. The molecule has 0 bridgehead atoms. The van der Waals surface area contributed by atoms with Gasteiger partial charge < -0.3 is 0 Å². The Hall–Kier alpha value is 0.720. The van der Waals surface area contributed by atoms with Gasteiger partial charge in [-0.1, -0.05) is 0 Å². The van der Waals surface area contributed by atoms with Crippen LogP contribution in [-0.4, -0.2) is 26.2 Å². The second kappa shape index (κ2) is 5.56. The normalized spacial score (nSPS) is 15.3. The van der Waals surface area contributed by atoms with Crippen LogP contribution in [0.25, 0.3) is 0 Å². The van der Waals surface area contributed by atoms with E-state index in [2.05, 4.69) is 26.9 Å². The Kier molecular flexibility index (Phi) is 5.87. The first-order chi connectivity index (χ1) is 5.81. The van der Waals surface area contributed by atoms with Crippen molar-refractivity contribution in [2.75, 3.05) is 26.2 Å². The molecule has 0 spiro atoms. The summed E-state index contributed by atoms with van der Waals surface area (Å²) in [6.45, 7) is 9.01. The van der Waals surface area contributed by atoms with Gasteiger partial charge in [-0.3, -0.25) is 0 Å². The predicted molar refractivity (Wildman–Crippen MR) is 68.8 cm³/mol. The second-order valence-electron chi connectivity index (χ2n) is 5.41. The molecule has 0 rings (SSSR count). The first-order valence-electron chi connectivity index (χ1n) is 5.53. The van der Waals surface area contributed by atoms with Crippen molar-refractivity contribution in [3.8, 4) is 0 Å². The van der Waals surface area contributed by atoms with Crippen LogP contribution >= 0.6 is 17.2 Å². The average molecular weight is 225 g/mol. The number of rotatable bonds is 7. The average Bonchev–Trinajstić information content (AvgIpc) is 1.93. The summed E-state index contributed by atoms with van der Waals surface area (Å²) in [5.74, 6) is -1.71. The van der Waals surface area contributed by atoms with E-state index < -0.39 is 5.96 Å². The summed E-state index contributed by atoms with van der Waals surface area (Å²) in [7, 11) is 0. The monoisotopic (exact) mass is 224 g/mol. The summed E-state index contributed by atoms with van der Waals surface area (Å²) >= 11 is 6.46. The van der Waals surface area contributed by atoms with E-state index >= 15 is 0 Å². The topological polar surface area (TPSA) is 0 Å². The van der Waals surface area contributed by atoms with Gasteiger partial charge in [-0.15, -0.1) is 0 Å². The standard InChI is InChI=1S/C11H26ClP/c1-5-6-7-8-9-10-11-13(2,3,4)12/h5-11H2,1-4H3. The number of hydrogen-bond donors (Lipinski definition) is 0. The van der Waals surface area contributed by atoms with Crippen molar-refractivity contribution in [2.45, 2.75) is 45.4 Å². The molecule has 0 atom stereocenters. The van der Waals surface area contributed by atoms with E-state index in [1.165, 1.54) is 44.7 Å². The molecule has 13 heavy (non-hydrogen) atoms. The van der Waals surface area contributed by atoms with Crippen molar-refractivity contribution in [1.82, 2.24) is 0 Å². The van der Waals surface area contributed by atoms with Crippen LogP contribution in [0, 0.1) is 0 Å². The van der Waals surface area contributed by atoms with E-state index in [4.69, 9.17) is 11.2 Å². The van der Waals surface area contributed by atoms with Gasteiger partial charge in [0, 0.05) is 0 Å². The maximum absolute atomic E-state index is 6.46. The minimum absolute atomic E-state index is 1.25. The van der Waals surface area contributed by atoms with Gasteiger partial charge in [0.05, 0.1) is 0 Å². The zero-order chi connectivity index (χ0) is 10.4. The number of hydrogen-bond acceptors (Lipinski definition) is 0. The van der Waals surface area contributed by atoms with Crippen LogP contribution in [0.5, 0.6) is 0 Å². The quantitative estimate of drug-likeness (QED) is 0.424. The fourth-order valence-electron chi connectivity index (χ4n) is 1.43.